The van der Waals surface area contributed by atoms with Gasteiger partial charge in [0.05, 0.1) is 0 Å². The Labute approximate surface area is 121 Å². The second-order valence-corrected chi connectivity index (χ2v) is 5.79. The highest BCUT2D eigenvalue weighted by atomic mass is 16.2. The van der Waals surface area contributed by atoms with Gasteiger partial charge in [0.15, 0.2) is 0 Å². The monoisotopic (exact) mass is 276 g/mol. The highest BCUT2D eigenvalue weighted by Crippen LogP contribution is 2.16. The number of likely N-dealkylation sites (tertiary alicyclic amines) is 1. The topological polar surface area (TPSA) is 49.3 Å². The summed E-state index contributed by atoms with van der Waals surface area (Å²) in [5, 5.41) is 0. The van der Waals surface area contributed by atoms with Crippen LogP contribution in [0.5, 0.6) is 0 Å². The predicted octanol–water partition coefficient (Wildman–Crippen LogP) is 1.97. The molecule has 1 aliphatic heterocycles. The van der Waals surface area contributed by atoms with Gasteiger partial charge in [-0.25, -0.2) is 9.97 Å². The molecule has 2 heterocycles. The first kappa shape index (κ1) is 14.8. The lowest BCUT2D eigenvalue weighted by Crippen LogP contribution is -2.34. The maximum atomic E-state index is 11.6. The van der Waals surface area contributed by atoms with Gasteiger partial charge in [-0.2, -0.15) is 0 Å². The fraction of sp³-hybridized carbons (Fsp3) is 0.667. The van der Waals surface area contributed by atoms with Gasteiger partial charge in [0, 0.05) is 50.8 Å². The quantitative estimate of drug-likeness (QED) is 0.825. The zero-order chi connectivity index (χ0) is 14.7. The SMILES string of the molecule is Cc1cc(N(C)CCN2CCCC2=O)nc(C(C)C)n1. The van der Waals surface area contributed by atoms with Gasteiger partial charge < -0.3 is 9.80 Å². The van der Waals surface area contributed by atoms with Crippen molar-refractivity contribution in [2.75, 3.05) is 31.6 Å². The molecule has 0 spiro atoms. The van der Waals surface area contributed by atoms with Gasteiger partial charge in [-0.3, -0.25) is 4.79 Å². The van der Waals surface area contributed by atoms with Crippen LogP contribution in [0.15, 0.2) is 6.07 Å². The second kappa shape index (κ2) is 6.20. The molecular formula is C15H24N4O. The maximum absolute atomic E-state index is 11.6. The van der Waals surface area contributed by atoms with Gasteiger partial charge in [0.2, 0.25) is 5.91 Å². The molecule has 0 saturated carbocycles. The Bertz CT molecular complexity index is 487. The second-order valence-electron chi connectivity index (χ2n) is 5.79. The Hall–Kier alpha value is -1.65. The van der Waals surface area contributed by atoms with E-state index in [0.717, 1.165) is 43.4 Å². The molecule has 110 valence electrons. The minimum Gasteiger partial charge on any atom is -0.358 e. The minimum atomic E-state index is 0.278. The maximum Gasteiger partial charge on any atom is 0.222 e. The molecule has 0 unspecified atom stereocenters. The van der Waals surface area contributed by atoms with E-state index in [9.17, 15) is 4.79 Å². The van der Waals surface area contributed by atoms with E-state index in [0.29, 0.717) is 12.3 Å². The van der Waals surface area contributed by atoms with Crippen molar-refractivity contribution in [3.8, 4) is 0 Å². The first-order valence-electron chi connectivity index (χ1n) is 7.32. The van der Waals surface area contributed by atoms with E-state index < -0.39 is 0 Å². The number of hydrogen-bond acceptors (Lipinski definition) is 4. The third kappa shape index (κ3) is 3.46. The summed E-state index contributed by atoms with van der Waals surface area (Å²) in [4.78, 5) is 24.7. The Balaban J connectivity index is 2.01. The van der Waals surface area contributed by atoms with Gasteiger partial charge in [-0.1, -0.05) is 13.8 Å². The lowest BCUT2D eigenvalue weighted by molar-refractivity contribution is -0.127. The molecule has 0 N–H and O–H groups in total. The summed E-state index contributed by atoms with van der Waals surface area (Å²) in [6.45, 7) is 8.67. The largest absolute Gasteiger partial charge is 0.358 e. The van der Waals surface area contributed by atoms with Crippen molar-refractivity contribution in [3.05, 3.63) is 17.6 Å². The molecule has 20 heavy (non-hydrogen) atoms. The van der Waals surface area contributed by atoms with Crippen molar-refractivity contribution in [2.24, 2.45) is 0 Å². The van der Waals surface area contributed by atoms with Gasteiger partial charge >= 0.3 is 0 Å². The van der Waals surface area contributed by atoms with Gasteiger partial charge in [0.25, 0.3) is 0 Å². The van der Waals surface area contributed by atoms with Crippen LogP contribution in [0.25, 0.3) is 0 Å². The van der Waals surface area contributed by atoms with E-state index in [1.807, 2.05) is 24.9 Å². The molecule has 5 nitrogen and oxygen atoms in total. The summed E-state index contributed by atoms with van der Waals surface area (Å²) in [7, 11) is 2.02. The number of carbonyl (C=O) groups is 1. The minimum absolute atomic E-state index is 0.278. The Morgan fingerprint density at radius 3 is 2.75 bits per heavy atom. The van der Waals surface area contributed by atoms with Gasteiger partial charge in [0.1, 0.15) is 11.6 Å². The zero-order valence-electron chi connectivity index (χ0n) is 12.9. The number of anilines is 1. The molecule has 5 heteroatoms. The number of amides is 1. The molecular weight excluding hydrogens is 252 g/mol. The molecule has 0 atom stereocenters. The molecule has 0 radical (unpaired) electrons. The summed E-state index contributed by atoms with van der Waals surface area (Å²) in [6, 6.07) is 2.00. The molecule has 0 aliphatic carbocycles. The highest BCUT2D eigenvalue weighted by molar-refractivity contribution is 5.78. The van der Waals surface area contributed by atoms with E-state index >= 15 is 0 Å². The van der Waals surface area contributed by atoms with Crippen molar-refractivity contribution in [3.63, 3.8) is 0 Å². The number of aromatic nitrogens is 2. The lowest BCUT2D eigenvalue weighted by Gasteiger charge is -2.23. The Morgan fingerprint density at radius 2 is 2.15 bits per heavy atom. The normalized spacial score (nSPS) is 15.2. The number of carbonyl (C=O) groups excluding carboxylic acids is 1. The Kier molecular flexibility index (Phi) is 4.57. The van der Waals surface area contributed by atoms with E-state index in [-0.39, 0.29) is 5.91 Å². The van der Waals surface area contributed by atoms with Crippen molar-refractivity contribution < 1.29 is 4.79 Å². The van der Waals surface area contributed by atoms with Crippen molar-refractivity contribution in [1.29, 1.82) is 0 Å². The third-order valence-electron chi connectivity index (χ3n) is 3.64. The average Bonchev–Trinajstić information content (AvgIpc) is 2.80. The van der Waals surface area contributed by atoms with Crippen LogP contribution in [0.4, 0.5) is 5.82 Å². The number of nitrogens with zero attached hydrogens (tertiary/aromatic N) is 4. The first-order chi connectivity index (χ1) is 9.47. The third-order valence-corrected chi connectivity index (χ3v) is 3.64. The van der Waals surface area contributed by atoms with Gasteiger partial charge in [-0.15, -0.1) is 0 Å². The smallest absolute Gasteiger partial charge is 0.222 e. The number of hydrogen-bond donors (Lipinski definition) is 0. The van der Waals surface area contributed by atoms with Crippen molar-refractivity contribution >= 4 is 11.7 Å². The van der Waals surface area contributed by atoms with Crippen LogP contribution in [0.1, 0.15) is 44.1 Å². The zero-order valence-corrected chi connectivity index (χ0v) is 12.9. The van der Waals surface area contributed by atoms with Gasteiger partial charge in [-0.05, 0) is 13.3 Å². The molecule has 1 aromatic rings. The van der Waals surface area contributed by atoms with E-state index in [4.69, 9.17) is 0 Å². The average molecular weight is 276 g/mol. The summed E-state index contributed by atoms with van der Waals surface area (Å²) in [5.74, 6) is 2.42. The summed E-state index contributed by atoms with van der Waals surface area (Å²) in [5.41, 5.74) is 0.989. The van der Waals surface area contributed by atoms with Crippen LogP contribution >= 0.6 is 0 Å². The molecule has 1 amide bonds. The molecule has 0 bridgehead atoms. The summed E-state index contributed by atoms with van der Waals surface area (Å²) < 4.78 is 0. The van der Waals surface area contributed by atoms with Crippen molar-refractivity contribution in [2.45, 2.75) is 39.5 Å². The molecule has 2 rings (SSSR count). The van der Waals surface area contributed by atoms with Crippen LogP contribution in [-0.4, -0.2) is 47.5 Å². The summed E-state index contributed by atoms with van der Waals surface area (Å²) >= 11 is 0. The standard InChI is InChI=1S/C15H24N4O/c1-11(2)15-16-12(3)10-13(17-15)18(4)8-9-19-7-5-6-14(19)20/h10-11H,5-9H2,1-4H3. The molecule has 1 fully saturated rings. The highest BCUT2D eigenvalue weighted by Gasteiger charge is 2.20. The number of likely N-dealkylation sites (N-methyl/N-ethyl adjacent to an activating group) is 1. The van der Waals surface area contributed by atoms with Crippen LogP contribution in [0.2, 0.25) is 0 Å². The molecule has 1 saturated heterocycles. The van der Waals surface area contributed by atoms with Crippen LogP contribution in [0, 0.1) is 6.92 Å². The summed E-state index contributed by atoms with van der Waals surface area (Å²) in [6.07, 6.45) is 1.69. The number of aryl methyl sites for hydroxylation is 1. The van der Waals surface area contributed by atoms with Crippen LogP contribution in [-0.2, 0) is 4.79 Å². The fourth-order valence-corrected chi connectivity index (χ4v) is 2.35. The molecule has 1 aliphatic rings. The lowest BCUT2D eigenvalue weighted by atomic mass is 10.2. The fourth-order valence-electron chi connectivity index (χ4n) is 2.35. The number of rotatable bonds is 5. The van der Waals surface area contributed by atoms with Crippen molar-refractivity contribution in [1.82, 2.24) is 14.9 Å². The predicted molar refractivity (Wildman–Crippen MR) is 79.9 cm³/mol. The van der Waals surface area contributed by atoms with E-state index in [2.05, 4.69) is 28.7 Å². The van der Waals surface area contributed by atoms with E-state index in [1.54, 1.807) is 0 Å². The first-order valence-corrected chi connectivity index (χ1v) is 7.32. The Morgan fingerprint density at radius 1 is 1.40 bits per heavy atom. The molecule has 1 aromatic heterocycles. The molecule has 0 aromatic carbocycles. The van der Waals surface area contributed by atoms with Crippen LogP contribution < -0.4 is 4.90 Å². The van der Waals surface area contributed by atoms with Crippen LogP contribution in [0.3, 0.4) is 0 Å². The van der Waals surface area contributed by atoms with E-state index in [1.165, 1.54) is 0 Å².